The number of hydrogen-bond donors (Lipinski definition) is 1. The lowest BCUT2D eigenvalue weighted by molar-refractivity contribution is -0.491. The summed E-state index contributed by atoms with van der Waals surface area (Å²) in [6.45, 7) is 3.64. The van der Waals surface area contributed by atoms with Crippen molar-refractivity contribution in [1.29, 1.82) is 0 Å². The molecule has 0 bridgehead atoms. The molecule has 1 rings (SSSR count). The molecule has 0 aromatic carbocycles. The fourth-order valence-electron chi connectivity index (χ4n) is 1.70. The largest absolute Gasteiger partial charge is 0.396 e. The van der Waals surface area contributed by atoms with Crippen LogP contribution in [0.2, 0.25) is 0 Å². The Labute approximate surface area is 88.3 Å². The topological polar surface area (TPSA) is 81.8 Å². The number of ether oxygens (including phenoxy) is 2. The molecule has 2 unspecified atom stereocenters. The van der Waals surface area contributed by atoms with Crippen LogP contribution in [0.5, 0.6) is 0 Å². The molecule has 0 saturated carbocycles. The van der Waals surface area contributed by atoms with E-state index in [9.17, 15) is 10.1 Å². The molecule has 0 spiro atoms. The van der Waals surface area contributed by atoms with E-state index >= 15 is 0 Å². The maximum Gasteiger partial charge on any atom is 0.209 e. The first-order valence-electron chi connectivity index (χ1n) is 4.99. The van der Waals surface area contributed by atoms with Gasteiger partial charge in [0.2, 0.25) is 6.54 Å². The van der Waals surface area contributed by atoms with Gasteiger partial charge in [-0.3, -0.25) is 10.1 Å². The summed E-state index contributed by atoms with van der Waals surface area (Å²) in [5.41, 5.74) is 0. The van der Waals surface area contributed by atoms with Gasteiger partial charge in [-0.1, -0.05) is 0 Å². The van der Waals surface area contributed by atoms with Gasteiger partial charge >= 0.3 is 0 Å². The zero-order chi connectivity index (χ0) is 11.5. The lowest BCUT2D eigenvalue weighted by Gasteiger charge is -2.20. The Balaban J connectivity index is 2.53. The molecule has 0 aromatic rings. The van der Waals surface area contributed by atoms with Crippen molar-refractivity contribution in [3.8, 4) is 0 Å². The Morgan fingerprint density at radius 3 is 2.73 bits per heavy atom. The summed E-state index contributed by atoms with van der Waals surface area (Å²) in [6, 6.07) is 0. The van der Waals surface area contributed by atoms with Gasteiger partial charge in [0, 0.05) is 11.5 Å². The summed E-state index contributed by atoms with van der Waals surface area (Å²) in [4.78, 5) is 10.1. The minimum Gasteiger partial charge on any atom is -0.396 e. The van der Waals surface area contributed by atoms with Gasteiger partial charge in [-0.25, -0.2) is 0 Å². The second-order valence-corrected chi connectivity index (χ2v) is 4.15. The normalized spacial score (nSPS) is 26.5. The van der Waals surface area contributed by atoms with Crippen LogP contribution in [-0.2, 0) is 9.47 Å². The van der Waals surface area contributed by atoms with E-state index in [1.54, 1.807) is 13.8 Å². The van der Waals surface area contributed by atoms with Crippen LogP contribution in [0.4, 0.5) is 0 Å². The van der Waals surface area contributed by atoms with Crippen molar-refractivity contribution in [3.05, 3.63) is 10.1 Å². The second-order valence-electron chi connectivity index (χ2n) is 4.15. The molecule has 1 saturated heterocycles. The van der Waals surface area contributed by atoms with Crippen molar-refractivity contribution < 1.29 is 19.5 Å². The quantitative estimate of drug-likeness (QED) is 0.535. The lowest BCUT2D eigenvalue weighted by atomic mass is 10.00. The summed E-state index contributed by atoms with van der Waals surface area (Å²) in [7, 11) is 0. The first-order chi connectivity index (χ1) is 6.94. The third-order valence-corrected chi connectivity index (χ3v) is 2.44. The monoisotopic (exact) mass is 219 g/mol. The molecule has 88 valence electrons. The molecule has 6 heteroatoms. The molecule has 0 aromatic heterocycles. The van der Waals surface area contributed by atoms with Crippen LogP contribution >= 0.6 is 0 Å². The smallest absolute Gasteiger partial charge is 0.209 e. The summed E-state index contributed by atoms with van der Waals surface area (Å²) >= 11 is 0. The molecule has 1 fully saturated rings. The summed E-state index contributed by atoms with van der Waals surface area (Å²) in [6.07, 6.45) is 0.0722. The zero-order valence-electron chi connectivity index (χ0n) is 9.01. The van der Waals surface area contributed by atoms with Gasteiger partial charge in [0.25, 0.3) is 0 Å². The van der Waals surface area contributed by atoms with E-state index in [0.717, 1.165) is 0 Å². The maximum atomic E-state index is 10.4. The average Bonchev–Trinajstić information content (AvgIpc) is 2.44. The minimum absolute atomic E-state index is 0.0706. The highest BCUT2D eigenvalue weighted by molar-refractivity contribution is 4.77. The van der Waals surface area contributed by atoms with Crippen molar-refractivity contribution >= 4 is 0 Å². The Morgan fingerprint density at radius 1 is 1.67 bits per heavy atom. The number of hydrogen-bond acceptors (Lipinski definition) is 5. The van der Waals surface area contributed by atoms with Gasteiger partial charge in [0.05, 0.1) is 18.6 Å². The Kier molecular flexibility index (Phi) is 4.01. The van der Waals surface area contributed by atoms with Crippen molar-refractivity contribution in [2.75, 3.05) is 19.8 Å². The van der Waals surface area contributed by atoms with Crippen molar-refractivity contribution in [2.24, 2.45) is 5.92 Å². The second kappa shape index (κ2) is 4.87. The van der Waals surface area contributed by atoms with E-state index in [4.69, 9.17) is 14.6 Å². The highest BCUT2D eigenvalue weighted by atomic mass is 16.7. The van der Waals surface area contributed by atoms with E-state index in [-0.39, 0.29) is 30.1 Å². The van der Waals surface area contributed by atoms with Gasteiger partial charge in [-0.05, 0) is 20.3 Å². The zero-order valence-corrected chi connectivity index (χ0v) is 9.01. The molecule has 0 radical (unpaired) electrons. The number of aliphatic hydroxyl groups excluding tert-OH is 1. The van der Waals surface area contributed by atoms with E-state index in [2.05, 4.69) is 0 Å². The number of nitrogens with zero attached hydrogens (tertiary/aromatic N) is 1. The van der Waals surface area contributed by atoms with Crippen LogP contribution in [0.1, 0.15) is 20.3 Å². The molecule has 1 N–H and O–H groups in total. The van der Waals surface area contributed by atoms with E-state index < -0.39 is 5.79 Å². The molecule has 1 aliphatic rings. The van der Waals surface area contributed by atoms with Crippen LogP contribution in [0, 0.1) is 16.0 Å². The van der Waals surface area contributed by atoms with Crippen LogP contribution in [0.15, 0.2) is 0 Å². The molecular weight excluding hydrogens is 202 g/mol. The lowest BCUT2D eigenvalue weighted by Crippen LogP contribution is -2.32. The molecule has 2 atom stereocenters. The molecule has 0 amide bonds. The number of rotatable bonds is 5. The number of aliphatic hydroxyl groups is 1. The highest BCUT2D eigenvalue weighted by Crippen LogP contribution is 2.28. The fraction of sp³-hybridized carbons (Fsp3) is 1.00. The van der Waals surface area contributed by atoms with E-state index in [1.807, 2.05) is 0 Å². The van der Waals surface area contributed by atoms with Crippen molar-refractivity contribution in [1.82, 2.24) is 0 Å². The van der Waals surface area contributed by atoms with Gasteiger partial charge in [-0.15, -0.1) is 0 Å². The molecule has 1 heterocycles. The molecule has 15 heavy (non-hydrogen) atoms. The molecule has 0 aliphatic carbocycles. The van der Waals surface area contributed by atoms with Crippen molar-refractivity contribution in [2.45, 2.75) is 32.2 Å². The van der Waals surface area contributed by atoms with Crippen LogP contribution in [-0.4, -0.2) is 41.7 Å². The van der Waals surface area contributed by atoms with Crippen molar-refractivity contribution in [3.63, 3.8) is 0 Å². The van der Waals surface area contributed by atoms with E-state index in [1.165, 1.54) is 0 Å². The third-order valence-electron chi connectivity index (χ3n) is 2.44. The number of nitro groups is 1. The van der Waals surface area contributed by atoms with E-state index in [0.29, 0.717) is 13.0 Å². The highest BCUT2D eigenvalue weighted by Gasteiger charge is 2.38. The van der Waals surface area contributed by atoms with Gasteiger partial charge < -0.3 is 14.6 Å². The Bertz CT molecular complexity index is 231. The van der Waals surface area contributed by atoms with Gasteiger partial charge in [0.1, 0.15) is 0 Å². The predicted molar refractivity (Wildman–Crippen MR) is 52.0 cm³/mol. The van der Waals surface area contributed by atoms with Gasteiger partial charge in [-0.2, -0.15) is 0 Å². The molecule has 1 aliphatic heterocycles. The van der Waals surface area contributed by atoms with Gasteiger partial charge in [0.15, 0.2) is 5.79 Å². The fourth-order valence-corrected chi connectivity index (χ4v) is 1.70. The summed E-state index contributed by atoms with van der Waals surface area (Å²) < 4.78 is 10.9. The standard InChI is InChI=1S/C9H17NO5/c1-9(2)14-6-8(15-9)7(3-4-11)5-10(12)13/h7-8,11H,3-6H2,1-2H3. The maximum absolute atomic E-state index is 10.4. The first-order valence-corrected chi connectivity index (χ1v) is 4.99. The Hall–Kier alpha value is -0.720. The summed E-state index contributed by atoms with van der Waals surface area (Å²) in [5, 5.41) is 19.3. The molecular formula is C9H17NO5. The summed E-state index contributed by atoms with van der Waals surface area (Å²) in [5.74, 6) is -0.957. The van der Waals surface area contributed by atoms with Crippen LogP contribution in [0.3, 0.4) is 0 Å². The minimum atomic E-state index is -0.672. The molecule has 6 nitrogen and oxygen atoms in total. The average molecular weight is 219 g/mol. The van der Waals surface area contributed by atoms with Crippen LogP contribution < -0.4 is 0 Å². The predicted octanol–water partition coefficient (Wildman–Crippen LogP) is 0.413. The Morgan fingerprint density at radius 2 is 2.33 bits per heavy atom. The third kappa shape index (κ3) is 3.73. The SMILES string of the molecule is CC1(C)OCC(C(CCO)C[N+](=O)[O-])O1. The first kappa shape index (κ1) is 12.4. The van der Waals surface area contributed by atoms with Crippen LogP contribution in [0.25, 0.3) is 0 Å².